The second-order valence-electron chi connectivity index (χ2n) is 6.37. The van der Waals surface area contributed by atoms with Gasteiger partial charge < -0.3 is 15.2 Å². The zero-order valence-electron chi connectivity index (χ0n) is 14.5. The first kappa shape index (κ1) is 18.4. The lowest BCUT2D eigenvalue weighted by molar-refractivity contribution is -0.120. The number of benzene rings is 2. The zero-order valence-corrected chi connectivity index (χ0v) is 14.5. The minimum atomic E-state index is -0.285. The Labute approximate surface area is 152 Å². The summed E-state index contributed by atoms with van der Waals surface area (Å²) < 4.78 is 19.1. The van der Waals surface area contributed by atoms with E-state index >= 15 is 0 Å². The average Bonchev–Trinajstić information content (AvgIpc) is 2.63. The van der Waals surface area contributed by atoms with Crippen molar-refractivity contribution in [3.05, 3.63) is 65.5 Å². The molecule has 26 heavy (non-hydrogen) atoms. The topological polar surface area (TPSA) is 61.8 Å². The Bertz CT molecular complexity index is 747. The van der Waals surface area contributed by atoms with Crippen molar-refractivity contribution in [3.63, 3.8) is 0 Å². The summed E-state index contributed by atoms with van der Waals surface area (Å²) in [5.74, 6) is -0.279. The molecule has 0 bridgehead atoms. The smallest absolute Gasteiger partial charge is 0.224 e. The predicted molar refractivity (Wildman–Crippen MR) is 96.4 cm³/mol. The van der Waals surface area contributed by atoms with Crippen molar-refractivity contribution in [2.45, 2.75) is 12.5 Å². The van der Waals surface area contributed by atoms with Crippen molar-refractivity contribution in [1.82, 2.24) is 10.2 Å². The molecule has 1 aliphatic rings. The van der Waals surface area contributed by atoms with E-state index in [-0.39, 0.29) is 29.9 Å². The fourth-order valence-electron chi connectivity index (χ4n) is 3.19. The maximum Gasteiger partial charge on any atom is 0.224 e. The van der Waals surface area contributed by atoms with Crippen molar-refractivity contribution in [3.8, 4) is 5.75 Å². The van der Waals surface area contributed by atoms with E-state index in [0.717, 1.165) is 24.2 Å². The molecule has 0 spiro atoms. The second kappa shape index (κ2) is 8.78. The van der Waals surface area contributed by atoms with Gasteiger partial charge in [-0.1, -0.05) is 24.3 Å². The van der Waals surface area contributed by atoms with Gasteiger partial charge in [0.05, 0.1) is 25.7 Å². The van der Waals surface area contributed by atoms with Gasteiger partial charge in [-0.15, -0.1) is 0 Å². The lowest BCUT2D eigenvalue weighted by Crippen LogP contribution is -2.44. The molecule has 5 nitrogen and oxygen atoms in total. The number of halogens is 1. The van der Waals surface area contributed by atoms with Gasteiger partial charge in [-0.25, -0.2) is 4.39 Å². The SMILES string of the molecule is O=C(Cc1cccc(O)c1)NC[C@@H](c1cccc(F)c1)N1CCOCC1. The highest BCUT2D eigenvalue weighted by Gasteiger charge is 2.23. The Hall–Kier alpha value is -2.44. The Morgan fingerprint density at radius 3 is 2.69 bits per heavy atom. The summed E-state index contributed by atoms with van der Waals surface area (Å²) >= 11 is 0. The first-order valence-corrected chi connectivity index (χ1v) is 8.74. The molecule has 1 atom stereocenters. The Kier molecular flexibility index (Phi) is 6.20. The summed E-state index contributed by atoms with van der Waals surface area (Å²) in [6, 6.07) is 13.0. The molecule has 2 aromatic rings. The molecule has 0 saturated carbocycles. The molecule has 0 aromatic heterocycles. The highest BCUT2D eigenvalue weighted by Crippen LogP contribution is 2.22. The van der Waals surface area contributed by atoms with Gasteiger partial charge in [0.2, 0.25) is 5.91 Å². The summed E-state index contributed by atoms with van der Waals surface area (Å²) in [4.78, 5) is 14.5. The molecule has 2 aromatic carbocycles. The highest BCUT2D eigenvalue weighted by molar-refractivity contribution is 5.78. The van der Waals surface area contributed by atoms with Gasteiger partial charge in [0, 0.05) is 19.6 Å². The van der Waals surface area contributed by atoms with Crippen LogP contribution in [0, 0.1) is 5.82 Å². The Morgan fingerprint density at radius 1 is 1.19 bits per heavy atom. The second-order valence-corrected chi connectivity index (χ2v) is 6.37. The van der Waals surface area contributed by atoms with E-state index in [1.165, 1.54) is 12.1 Å². The van der Waals surface area contributed by atoms with Gasteiger partial charge in [0.25, 0.3) is 0 Å². The van der Waals surface area contributed by atoms with Crippen LogP contribution in [0.15, 0.2) is 48.5 Å². The van der Waals surface area contributed by atoms with Crippen LogP contribution in [0.3, 0.4) is 0 Å². The van der Waals surface area contributed by atoms with Crippen LogP contribution in [0.2, 0.25) is 0 Å². The van der Waals surface area contributed by atoms with Crippen molar-refractivity contribution in [2.24, 2.45) is 0 Å². The number of carbonyl (C=O) groups excluding carboxylic acids is 1. The molecule has 0 unspecified atom stereocenters. The van der Waals surface area contributed by atoms with Gasteiger partial charge in [0.1, 0.15) is 11.6 Å². The largest absolute Gasteiger partial charge is 0.508 e. The fraction of sp³-hybridized carbons (Fsp3) is 0.350. The normalized spacial score (nSPS) is 16.2. The minimum absolute atomic E-state index is 0.109. The first-order valence-electron chi connectivity index (χ1n) is 8.74. The number of nitrogens with zero attached hydrogens (tertiary/aromatic N) is 1. The monoisotopic (exact) mass is 358 g/mol. The Morgan fingerprint density at radius 2 is 1.96 bits per heavy atom. The number of amides is 1. The average molecular weight is 358 g/mol. The lowest BCUT2D eigenvalue weighted by Gasteiger charge is -2.35. The number of ether oxygens (including phenoxy) is 1. The number of rotatable bonds is 6. The molecule has 3 rings (SSSR count). The van der Waals surface area contributed by atoms with E-state index in [1.807, 2.05) is 6.07 Å². The van der Waals surface area contributed by atoms with Crippen molar-refractivity contribution >= 4 is 5.91 Å². The number of aromatic hydroxyl groups is 1. The first-order chi connectivity index (χ1) is 12.6. The van der Waals surface area contributed by atoms with Gasteiger partial charge >= 0.3 is 0 Å². The molecule has 0 radical (unpaired) electrons. The molecular formula is C20H23FN2O3. The number of phenolic OH excluding ortho intramolecular Hbond substituents is 1. The highest BCUT2D eigenvalue weighted by atomic mass is 19.1. The standard InChI is InChI=1S/C20H23FN2O3/c21-17-5-2-4-16(13-17)19(23-7-9-26-10-8-23)14-22-20(25)12-15-3-1-6-18(24)11-15/h1-6,11,13,19,24H,7-10,12,14H2,(H,22,25)/t19-/m0/s1. The summed E-state index contributed by atoms with van der Waals surface area (Å²) in [5.41, 5.74) is 1.58. The molecule has 1 aliphatic heterocycles. The molecule has 6 heteroatoms. The van der Waals surface area contributed by atoms with E-state index in [1.54, 1.807) is 30.3 Å². The molecule has 2 N–H and O–H groups in total. The predicted octanol–water partition coefficient (Wildman–Crippen LogP) is 2.26. The van der Waals surface area contributed by atoms with Gasteiger partial charge in [-0.3, -0.25) is 9.69 Å². The molecule has 138 valence electrons. The molecule has 1 heterocycles. The zero-order chi connectivity index (χ0) is 18.4. The van der Waals surface area contributed by atoms with E-state index in [9.17, 15) is 14.3 Å². The van der Waals surface area contributed by atoms with Crippen LogP contribution in [0.25, 0.3) is 0 Å². The summed E-state index contributed by atoms with van der Waals surface area (Å²) in [5, 5.41) is 12.4. The van der Waals surface area contributed by atoms with E-state index in [4.69, 9.17) is 4.74 Å². The number of hydrogen-bond acceptors (Lipinski definition) is 4. The third-order valence-electron chi connectivity index (χ3n) is 4.49. The number of hydrogen-bond donors (Lipinski definition) is 2. The van der Waals surface area contributed by atoms with Crippen LogP contribution in [-0.2, 0) is 16.0 Å². The minimum Gasteiger partial charge on any atom is -0.508 e. The van der Waals surface area contributed by atoms with Crippen molar-refractivity contribution in [1.29, 1.82) is 0 Å². The van der Waals surface area contributed by atoms with Crippen molar-refractivity contribution < 1.29 is 19.0 Å². The van der Waals surface area contributed by atoms with Crippen molar-refractivity contribution in [2.75, 3.05) is 32.8 Å². The lowest BCUT2D eigenvalue weighted by atomic mass is 10.0. The maximum atomic E-state index is 13.7. The van der Waals surface area contributed by atoms with Crippen LogP contribution >= 0.6 is 0 Å². The van der Waals surface area contributed by atoms with Crippen LogP contribution in [0.4, 0.5) is 4.39 Å². The molecule has 1 saturated heterocycles. The third-order valence-corrected chi connectivity index (χ3v) is 4.49. The fourth-order valence-corrected chi connectivity index (χ4v) is 3.19. The summed E-state index contributed by atoms with van der Waals surface area (Å²) in [6.45, 7) is 3.13. The summed E-state index contributed by atoms with van der Waals surface area (Å²) in [7, 11) is 0. The quantitative estimate of drug-likeness (QED) is 0.832. The van der Waals surface area contributed by atoms with Crippen LogP contribution < -0.4 is 5.32 Å². The molecule has 1 amide bonds. The van der Waals surface area contributed by atoms with Gasteiger partial charge in [0.15, 0.2) is 0 Å². The van der Waals surface area contributed by atoms with E-state index in [0.29, 0.717) is 19.8 Å². The van der Waals surface area contributed by atoms with Crippen LogP contribution in [-0.4, -0.2) is 48.8 Å². The molecular weight excluding hydrogens is 335 g/mol. The number of carbonyl (C=O) groups is 1. The van der Waals surface area contributed by atoms with Crippen LogP contribution in [0.1, 0.15) is 17.2 Å². The third kappa shape index (κ3) is 5.03. The van der Waals surface area contributed by atoms with Crippen LogP contribution in [0.5, 0.6) is 5.75 Å². The van der Waals surface area contributed by atoms with E-state index < -0.39 is 0 Å². The van der Waals surface area contributed by atoms with Gasteiger partial charge in [-0.2, -0.15) is 0 Å². The number of phenols is 1. The number of nitrogens with one attached hydrogen (secondary N) is 1. The maximum absolute atomic E-state index is 13.7. The summed E-state index contributed by atoms with van der Waals surface area (Å²) in [6.07, 6.45) is 0.188. The van der Waals surface area contributed by atoms with Gasteiger partial charge in [-0.05, 0) is 35.4 Å². The Balaban J connectivity index is 1.66. The number of morpholine rings is 1. The molecule has 1 fully saturated rings. The van der Waals surface area contributed by atoms with E-state index in [2.05, 4.69) is 10.2 Å². The molecule has 0 aliphatic carbocycles.